The zero-order valence-electron chi connectivity index (χ0n) is 16.1. The molecule has 1 unspecified atom stereocenters. The Bertz CT molecular complexity index is 588. The number of halogens is 3. The lowest BCUT2D eigenvalue weighted by molar-refractivity contribution is -0.176. The SMILES string of the molecule is CN=C(NCCCOC1CCOC1)NCc1ccc(COCC(F)(F)F)cc1. The van der Waals surface area contributed by atoms with Gasteiger partial charge in [0.1, 0.15) is 6.61 Å². The van der Waals surface area contributed by atoms with E-state index in [9.17, 15) is 13.2 Å². The van der Waals surface area contributed by atoms with Crippen LogP contribution in [0.2, 0.25) is 0 Å². The highest BCUT2D eigenvalue weighted by Crippen LogP contribution is 2.15. The molecule has 1 aliphatic rings. The number of hydrogen-bond acceptors (Lipinski definition) is 4. The molecule has 6 nitrogen and oxygen atoms in total. The Kier molecular flexibility index (Phi) is 9.52. The van der Waals surface area contributed by atoms with Crippen LogP contribution in [0.3, 0.4) is 0 Å². The summed E-state index contributed by atoms with van der Waals surface area (Å²) in [6.07, 6.45) is -2.25. The molecule has 2 N–H and O–H groups in total. The van der Waals surface area contributed by atoms with Gasteiger partial charge in [-0.05, 0) is 24.0 Å². The van der Waals surface area contributed by atoms with Gasteiger partial charge in [-0.2, -0.15) is 13.2 Å². The number of nitrogens with zero attached hydrogens (tertiary/aromatic N) is 1. The maximum Gasteiger partial charge on any atom is 0.411 e. The fraction of sp³-hybridized carbons (Fsp3) is 0.632. The fourth-order valence-corrected chi connectivity index (χ4v) is 2.62. The van der Waals surface area contributed by atoms with Crippen LogP contribution in [0.25, 0.3) is 0 Å². The highest BCUT2D eigenvalue weighted by atomic mass is 19.4. The maximum absolute atomic E-state index is 12.1. The van der Waals surface area contributed by atoms with E-state index in [1.165, 1.54) is 0 Å². The number of guanidine groups is 1. The predicted molar refractivity (Wildman–Crippen MR) is 100 cm³/mol. The second-order valence-corrected chi connectivity index (χ2v) is 6.49. The molecule has 28 heavy (non-hydrogen) atoms. The minimum atomic E-state index is -4.30. The molecule has 0 bridgehead atoms. The molecule has 158 valence electrons. The van der Waals surface area contributed by atoms with Crippen LogP contribution in [0, 0.1) is 0 Å². The lowest BCUT2D eigenvalue weighted by Gasteiger charge is -2.13. The predicted octanol–water partition coefficient (Wildman–Crippen LogP) is 2.63. The molecule has 0 radical (unpaired) electrons. The highest BCUT2D eigenvalue weighted by molar-refractivity contribution is 5.79. The third-order valence-electron chi connectivity index (χ3n) is 4.10. The molecule has 0 spiro atoms. The summed E-state index contributed by atoms with van der Waals surface area (Å²) < 4.78 is 51.8. The number of aliphatic imine (C=N–C) groups is 1. The molecular weight excluding hydrogens is 375 g/mol. The lowest BCUT2D eigenvalue weighted by atomic mass is 10.1. The molecule has 2 rings (SSSR count). The zero-order valence-corrected chi connectivity index (χ0v) is 16.1. The van der Waals surface area contributed by atoms with E-state index in [1.54, 1.807) is 19.2 Å². The van der Waals surface area contributed by atoms with Crippen molar-refractivity contribution in [2.75, 3.05) is 40.0 Å². The molecule has 0 amide bonds. The first-order valence-electron chi connectivity index (χ1n) is 9.32. The average Bonchev–Trinajstić information content (AvgIpc) is 3.17. The fourth-order valence-electron chi connectivity index (χ4n) is 2.62. The van der Waals surface area contributed by atoms with E-state index in [2.05, 4.69) is 20.4 Å². The monoisotopic (exact) mass is 403 g/mol. The first kappa shape index (κ1) is 22.4. The third-order valence-corrected chi connectivity index (χ3v) is 4.10. The Morgan fingerprint density at radius 3 is 2.61 bits per heavy atom. The minimum absolute atomic E-state index is 0.0640. The van der Waals surface area contributed by atoms with Gasteiger partial charge in [-0.25, -0.2) is 0 Å². The van der Waals surface area contributed by atoms with Gasteiger partial charge >= 0.3 is 6.18 Å². The number of hydrogen-bond donors (Lipinski definition) is 2. The van der Waals surface area contributed by atoms with Gasteiger partial charge in [-0.1, -0.05) is 24.3 Å². The van der Waals surface area contributed by atoms with Crippen molar-refractivity contribution in [2.24, 2.45) is 4.99 Å². The van der Waals surface area contributed by atoms with Gasteiger partial charge in [0, 0.05) is 33.4 Å². The van der Waals surface area contributed by atoms with Crippen molar-refractivity contribution in [1.29, 1.82) is 0 Å². The lowest BCUT2D eigenvalue weighted by Crippen LogP contribution is -2.37. The van der Waals surface area contributed by atoms with E-state index in [4.69, 9.17) is 9.47 Å². The average molecular weight is 403 g/mol. The molecular formula is C19H28F3N3O3. The van der Waals surface area contributed by atoms with Crippen LogP contribution >= 0.6 is 0 Å². The van der Waals surface area contributed by atoms with Crippen molar-refractivity contribution in [3.05, 3.63) is 35.4 Å². The van der Waals surface area contributed by atoms with Crippen molar-refractivity contribution < 1.29 is 27.4 Å². The zero-order chi connectivity index (χ0) is 20.2. The summed E-state index contributed by atoms with van der Waals surface area (Å²) >= 11 is 0. The van der Waals surface area contributed by atoms with Crippen molar-refractivity contribution >= 4 is 5.96 Å². The van der Waals surface area contributed by atoms with Gasteiger partial charge in [-0.15, -0.1) is 0 Å². The van der Waals surface area contributed by atoms with E-state index in [1.807, 2.05) is 12.1 Å². The standard InChI is InChI=1S/C19H28F3N3O3/c1-23-18(24-8-2-9-28-17-7-10-26-13-17)25-11-15-3-5-16(6-4-15)12-27-14-19(20,21)22/h3-6,17H,2,7-14H2,1H3,(H2,23,24,25). The van der Waals surface area contributed by atoms with Crippen molar-refractivity contribution in [3.8, 4) is 0 Å². The van der Waals surface area contributed by atoms with Gasteiger partial charge in [0.2, 0.25) is 0 Å². The summed E-state index contributed by atoms with van der Waals surface area (Å²) in [5.74, 6) is 0.682. The van der Waals surface area contributed by atoms with Crippen LogP contribution in [-0.4, -0.2) is 58.3 Å². The quantitative estimate of drug-likeness (QED) is 0.357. The van der Waals surface area contributed by atoms with Gasteiger partial charge in [-0.3, -0.25) is 4.99 Å². The Labute approximate surface area is 163 Å². The summed E-state index contributed by atoms with van der Waals surface area (Å²) in [6.45, 7) is 2.13. The summed E-state index contributed by atoms with van der Waals surface area (Å²) in [7, 11) is 1.70. The maximum atomic E-state index is 12.1. The molecule has 1 aromatic carbocycles. The number of nitrogens with one attached hydrogen (secondary N) is 2. The third kappa shape index (κ3) is 9.38. The molecule has 0 aliphatic carbocycles. The van der Waals surface area contributed by atoms with Crippen molar-refractivity contribution in [2.45, 2.75) is 38.3 Å². The molecule has 1 heterocycles. The Hall–Kier alpha value is -1.84. The van der Waals surface area contributed by atoms with Crippen molar-refractivity contribution in [3.63, 3.8) is 0 Å². The van der Waals surface area contributed by atoms with Crippen LogP contribution in [0.5, 0.6) is 0 Å². The van der Waals surface area contributed by atoms with Crippen molar-refractivity contribution in [1.82, 2.24) is 10.6 Å². The van der Waals surface area contributed by atoms with E-state index >= 15 is 0 Å². The van der Waals surface area contributed by atoms with E-state index < -0.39 is 12.8 Å². The Balaban J connectivity index is 1.60. The first-order chi connectivity index (χ1) is 13.5. The van der Waals surface area contributed by atoms with Crippen LogP contribution in [-0.2, 0) is 27.4 Å². The number of ether oxygens (including phenoxy) is 3. The molecule has 1 saturated heterocycles. The normalized spacial score (nSPS) is 17.7. The summed E-state index contributed by atoms with van der Waals surface area (Å²) in [4.78, 5) is 4.17. The minimum Gasteiger partial charge on any atom is -0.379 e. The van der Waals surface area contributed by atoms with E-state index in [0.29, 0.717) is 31.3 Å². The van der Waals surface area contributed by atoms with Gasteiger partial charge in [0.15, 0.2) is 5.96 Å². The molecule has 0 aromatic heterocycles. The number of alkyl halides is 3. The van der Waals surface area contributed by atoms with Crippen LogP contribution in [0.4, 0.5) is 13.2 Å². The second-order valence-electron chi connectivity index (χ2n) is 6.49. The molecule has 1 aromatic rings. The van der Waals surface area contributed by atoms with Gasteiger partial charge in [0.25, 0.3) is 0 Å². The largest absolute Gasteiger partial charge is 0.411 e. The van der Waals surface area contributed by atoms with Gasteiger partial charge in [0.05, 0.1) is 19.3 Å². The molecule has 9 heteroatoms. The smallest absolute Gasteiger partial charge is 0.379 e. The summed E-state index contributed by atoms with van der Waals surface area (Å²) in [5, 5.41) is 6.42. The van der Waals surface area contributed by atoms with Crippen LogP contribution in [0.1, 0.15) is 24.0 Å². The van der Waals surface area contributed by atoms with E-state index in [-0.39, 0.29) is 12.7 Å². The first-order valence-corrected chi connectivity index (χ1v) is 9.32. The van der Waals surface area contributed by atoms with Crippen LogP contribution in [0.15, 0.2) is 29.3 Å². The van der Waals surface area contributed by atoms with Gasteiger partial charge < -0.3 is 24.8 Å². The highest BCUT2D eigenvalue weighted by Gasteiger charge is 2.27. The Morgan fingerprint density at radius 1 is 1.21 bits per heavy atom. The molecule has 1 fully saturated rings. The summed E-state index contributed by atoms with van der Waals surface area (Å²) in [6, 6.07) is 7.22. The summed E-state index contributed by atoms with van der Waals surface area (Å²) in [5.41, 5.74) is 1.69. The number of benzene rings is 1. The topological polar surface area (TPSA) is 64.1 Å². The van der Waals surface area contributed by atoms with Crippen LogP contribution < -0.4 is 10.6 Å². The molecule has 0 saturated carbocycles. The Morgan fingerprint density at radius 2 is 1.96 bits per heavy atom. The number of rotatable bonds is 10. The molecule has 1 aliphatic heterocycles. The van der Waals surface area contributed by atoms with E-state index in [0.717, 1.165) is 31.6 Å². The second kappa shape index (κ2) is 11.9. The molecule has 1 atom stereocenters.